The molecule has 0 saturated carbocycles. The van der Waals surface area contributed by atoms with Gasteiger partial charge in [0, 0.05) is 5.69 Å². The summed E-state index contributed by atoms with van der Waals surface area (Å²) in [4.78, 5) is 4.26. The normalized spacial score (nSPS) is 10.4. The third-order valence-corrected chi connectivity index (χ3v) is 2.30. The number of hydrogen-bond acceptors (Lipinski definition) is 3. The summed E-state index contributed by atoms with van der Waals surface area (Å²) in [6.45, 7) is 3.90. The Labute approximate surface area is 81.9 Å². The van der Waals surface area contributed by atoms with Crippen LogP contribution in [0.15, 0.2) is 10.5 Å². The minimum absolute atomic E-state index is 0.359. The molecule has 0 amide bonds. The van der Waals surface area contributed by atoms with Crippen molar-refractivity contribution >= 4 is 16.8 Å². The summed E-state index contributed by atoms with van der Waals surface area (Å²) in [7, 11) is 0. The first-order valence-electron chi connectivity index (χ1n) is 4.26. The van der Waals surface area contributed by atoms with Crippen molar-refractivity contribution in [1.29, 1.82) is 0 Å². The van der Waals surface area contributed by atoms with E-state index in [0.29, 0.717) is 17.2 Å². The second-order valence-electron chi connectivity index (χ2n) is 3.23. The van der Waals surface area contributed by atoms with Gasteiger partial charge in [0.25, 0.3) is 0 Å². The second-order valence-corrected chi connectivity index (χ2v) is 3.23. The first-order chi connectivity index (χ1) is 6.63. The second kappa shape index (κ2) is 2.78. The molecule has 3 heteroatoms. The molecule has 70 valence electrons. The van der Waals surface area contributed by atoms with Gasteiger partial charge in [-0.25, -0.2) is 4.98 Å². The Morgan fingerprint density at radius 2 is 2.21 bits per heavy atom. The zero-order valence-corrected chi connectivity index (χ0v) is 8.09. The van der Waals surface area contributed by atoms with Crippen LogP contribution in [0, 0.1) is 26.2 Å². The van der Waals surface area contributed by atoms with Gasteiger partial charge in [0.2, 0.25) is 11.5 Å². The Balaban J connectivity index is 2.88. The van der Waals surface area contributed by atoms with E-state index < -0.39 is 0 Å². The molecule has 3 nitrogen and oxygen atoms in total. The van der Waals surface area contributed by atoms with Crippen molar-refractivity contribution in [3.8, 4) is 12.3 Å². The number of anilines is 1. The molecule has 0 spiro atoms. The lowest BCUT2D eigenvalue weighted by Gasteiger charge is -1.97. The molecule has 0 aliphatic carbocycles. The number of nitrogens with two attached hydrogens (primary N) is 1. The van der Waals surface area contributed by atoms with E-state index in [4.69, 9.17) is 16.6 Å². The van der Waals surface area contributed by atoms with Crippen LogP contribution in [0.4, 0.5) is 5.69 Å². The van der Waals surface area contributed by atoms with Crippen LogP contribution in [0.3, 0.4) is 0 Å². The number of nitrogens with zero attached hydrogens (tertiary/aromatic N) is 1. The highest BCUT2D eigenvalue weighted by atomic mass is 16.3. The summed E-state index contributed by atoms with van der Waals surface area (Å²) in [6.07, 6.45) is 5.24. The number of hydrogen-bond donors (Lipinski definition) is 1. The van der Waals surface area contributed by atoms with E-state index in [2.05, 4.69) is 10.9 Å². The van der Waals surface area contributed by atoms with Crippen LogP contribution in [0.1, 0.15) is 17.0 Å². The number of rotatable bonds is 0. The number of aryl methyl sites for hydroxylation is 2. The van der Waals surface area contributed by atoms with Crippen molar-refractivity contribution in [3.63, 3.8) is 0 Å². The van der Waals surface area contributed by atoms with E-state index >= 15 is 0 Å². The molecule has 0 aromatic carbocycles. The summed E-state index contributed by atoms with van der Waals surface area (Å²) in [5.74, 6) is 2.75. The van der Waals surface area contributed by atoms with Gasteiger partial charge in [0.15, 0.2) is 0 Å². The first kappa shape index (κ1) is 8.64. The molecule has 2 rings (SSSR count). The van der Waals surface area contributed by atoms with Crippen LogP contribution in [-0.4, -0.2) is 4.98 Å². The average Bonchev–Trinajstić information content (AvgIpc) is 2.45. The zero-order valence-electron chi connectivity index (χ0n) is 8.09. The van der Waals surface area contributed by atoms with Crippen LogP contribution in [0.2, 0.25) is 0 Å². The van der Waals surface area contributed by atoms with Gasteiger partial charge in [0.05, 0.1) is 11.1 Å². The standard InChI is InChI=1S/C11H10N2O/c1-4-9-10(12)8-5-6(2)7(3)13-11(8)14-9/h1,5H,12H2,2-3H3. The molecule has 2 N–H and O–H groups in total. The number of terminal acetylenes is 1. The molecule has 2 aromatic rings. The fourth-order valence-electron chi connectivity index (χ4n) is 1.34. The maximum atomic E-state index is 5.79. The highest BCUT2D eigenvalue weighted by Gasteiger charge is 2.11. The summed E-state index contributed by atoms with van der Waals surface area (Å²) in [5.41, 5.74) is 8.81. The fourth-order valence-corrected chi connectivity index (χ4v) is 1.34. The summed E-state index contributed by atoms with van der Waals surface area (Å²) in [6, 6.07) is 1.94. The number of furan rings is 1. The third-order valence-electron chi connectivity index (χ3n) is 2.30. The summed E-state index contributed by atoms with van der Waals surface area (Å²) >= 11 is 0. The number of fused-ring (bicyclic) bond motifs is 1. The molecule has 2 heterocycles. The van der Waals surface area contributed by atoms with E-state index in [1.165, 1.54) is 0 Å². The third kappa shape index (κ3) is 1.05. The molecule has 0 aliphatic rings. The smallest absolute Gasteiger partial charge is 0.230 e. The predicted octanol–water partition coefficient (Wildman–Crippen LogP) is 2.01. The maximum absolute atomic E-state index is 5.79. The summed E-state index contributed by atoms with van der Waals surface area (Å²) in [5, 5.41) is 0.793. The number of aromatic nitrogens is 1. The molecule has 0 unspecified atom stereocenters. The Bertz CT molecular complexity index is 546. The van der Waals surface area contributed by atoms with E-state index in [1.54, 1.807) is 0 Å². The molecule has 0 radical (unpaired) electrons. The molecule has 0 fully saturated rings. The van der Waals surface area contributed by atoms with Crippen molar-refractivity contribution in [2.75, 3.05) is 5.73 Å². The Morgan fingerprint density at radius 1 is 1.50 bits per heavy atom. The van der Waals surface area contributed by atoms with E-state index in [0.717, 1.165) is 16.6 Å². The Hall–Kier alpha value is -1.95. The van der Waals surface area contributed by atoms with Crippen LogP contribution in [-0.2, 0) is 0 Å². The highest BCUT2D eigenvalue weighted by molar-refractivity contribution is 5.90. The van der Waals surface area contributed by atoms with Gasteiger partial charge >= 0.3 is 0 Å². The Kier molecular flexibility index (Phi) is 1.71. The van der Waals surface area contributed by atoms with Crippen LogP contribution < -0.4 is 5.73 Å². The van der Waals surface area contributed by atoms with Gasteiger partial charge < -0.3 is 10.2 Å². The van der Waals surface area contributed by atoms with Gasteiger partial charge in [-0.15, -0.1) is 6.42 Å². The minimum atomic E-state index is 0.359. The largest absolute Gasteiger partial charge is 0.427 e. The molecule has 14 heavy (non-hydrogen) atoms. The SMILES string of the molecule is C#Cc1oc2nc(C)c(C)cc2c1N. The van der Waals surface area contributed by atoms with E-state index in [-0.39, 0.29) is 0 Å². The first-order valence-corrected chi connectivity index (χ1v) is 4.26. The maximum Gasteiger partial charge on any atom is 0.230 e. The highest BCUT2D eigenvalue weighted by Crippen LogP contribution is 2.27. The van der Waals surface area contributed by atoms with Crippen molar-refractivity contribution in [3.05, 3.63) is 23.1 Å². The van der Waals surface area contributed by atoms with Crippen molar-refractivity contribution in [2.45, 2.75) is 13.8 Å². The van der Waals surface area contributed by atoms with Gasteiger partial charge in [-0.05, 0) is 31.4 Å². The van der Waals surface area contributed by atoms with Crippen molar-refractivity contribution in [1.82, 2.24) is 4.98 Å². The molecular weight excluding hydrogens is 176 g/mol. The van der Waals surface area contributed by atoms with Crippen molar-refractivity contribution < 1.29 is 4.42 Å². The van der Waals surface area contributed by atoms with Gasteiger partial charge in [-0.3, -0.25) is 0 Å². The van der Waals surface area contributed by atoms with Crippen LogP contribution in [0.25, 0.3) is 11.1 Å². The molecule has 2 aromatic heterocycles. The molecule has 0 bridgehead atoms. The predicted molar refractivity (Wildman–Crippen MR) is 55.8 cm³/mol. The van der Waals surface area contributed by atoms with Crippen molar-refractivity contribution in [2.24, 2.45) is 0 Å². The van der Waals surface area contributed by atoms with Gasteiger partial charge in [-0.1, -0.05) is 0 Å². The topological polar surface area (TPSA) is 52.0 Å². The average molecular weight is 186 g/mol. The monoisotopic (exact) mass is 186 g/mol. The van der Waals surface area contributed by atoms with Crippen LogP contribution in [0.5, 0.6) is 0 Å². The van der Waals surface area contributed by atoms with Crippen LogP contribution >= 0.6 is 0 Å². The lowest BCUT2D eigenvalue weighted by molar-refractivity contribution is 0.590. The number of nitrogen functional groups attached to an aromatic ring is 1. The molecule has 0 saturated heterocycles. The van der Waals surface area contributed by atoms with E-state index in [1.807, 2.05) is 19.9 Å². The zero-order chi connectivity index (χ0) is 10.3. The lowest BCUT2D eigenvalue weighted by atomic mass is 10.2. The molecule has 0 atom stereocenters. The fraction of sp³-hybridized carbons (Fsp3) is 0.182. The quantitative estimate of drug-likeness (QED) is 0.640. The lowest BCUT2D eigenvalue weighted by Crippen LogP contribution is -1.88. The summed E-state index contributed by atoms with van der Waals surface area (Å²) < 4.78 is 5.31. The molecule has 0 aliphatic heterocycles. The minimum Gasteiger partial charge on any atom is -0.427 e. The van der Waals surface area contributed by atoms with Gasteiger partial charge in [-0.2, -0.15) is 0 Å². The number of pyridine rings is 1. The van der Waals surface area contributed by atoms with E-state index in [9.17, 15) is 0 Å². The molecular formula is C11H10N2O. The van der Waals surface area contributed by atoms with Gasteiger partial charge in [0.1, 0.15) is 0 Å². The Morgan fingerprint density at radius 3 is 2.86 bits per heavy atom.